The number of thioether (sulfide) groups is 2. The lowest BCUT2D eigenvalue weighted by Gasteiger charge is -2.50. The van der Waals surface area contributed by atoms with Gasteiger partial charge >= 0.3 is 11.9 Å². The molecule has 4 N–H and O–H groups in total. The first-order chi connectivity index (χ1) is 26.6. The molecule has 0 bridgehead atoms. The zero-order valence-corrected chi connectivity index (χ0v) is 34.9. The zero-order chi connectivity index (χ0) is 41.7. The number of aliphatic carboxylic acids is 2. The first-order valence-electron chi connectivity index (χ1n) is 17.9. The predicted octanol–water partition coefficient (Wildman–Crippen LogP) is 4.61. The number of aryl methyl sites for hydroxylation is 1. The molecule has 8 rings (SSSR count). The number of β-lactam (4-membered cyclic amide) rings is 2. The van der Waals surface area contributed by atoms with Crippen molar-refractivity contribution >= 4 is 82.3 Å². The molecule has 57 heavy (non-hydrogen) atoms. The van der Waals surface area contributed by atoms with Gasteiger partial charge in [-0.1, -0.05) is 64.8 Å². The van der Waals surface area contributed by atoms with Gasteiger partial charge in [0.15, 0.2) is 0 Å². The summed E-state index contributed by atoms with van der Waals surface area (Å²) in [4.78, 5) is 79.6. The number of amides is 4. The van der Waals surface area contributed by atoms with E-state index >= 15 is 0 Å². The summed E-state index contributed by atoms with van der Waals surface area (Å²) in [7, 11) is 0. The lowest BCUT2D eigenvalue weighted by atomic mass is 9.94. The van der Waals surface area contributed by atoms with Crippen molar-refractivity contribution in [1.82, 2.24) is 30.5 Å². The fourth-order valence-corrected chi connectivity index (χ4v) is 12.3. The Bertz CT molecular complexity index is 2200. The molecule has 5 aliphatic heterocycles. The van der Waals surface area contributed by atoms with Crippen molar-refractivity contribution in [3.05, 3.63) is 75.5 Å². The molecule has 6 heterocycles. The Labute approximate surface area is 346 Å². The molecule has 3 aromatic rings. The Balaban J connectivity index is 0.000000175. The minimum absolute atomic E-state index is 0.119. The topological polar surface area (TPSA) is 203 Å². The fourth-order valence-electron chi connectivity index (χ4n) is 8.38. The van der Waals surface area contributed by atoms with Crippen LogP contribution in [0.3, 0.4) is 0 Å². The van der Waals surface area contributed by atoms with Crippen molar-refractivity contribution in [1.29, 1.82) is 0 Å². The maximum absolute atomic E-state index is 13.2. The van der Waals surface area contributed by atoms with E-state index in [4.69, 9.17) is 27.7 Å². The molecule has 1 unspecified atom stereocenters. The summed E-state index contributed by atoms with van der Waals surface area (Å²) in [6, 6.07) is 10.5. The van der Waals surface area contributed by atoms with E-state index < -0.39 is 74.5 Å². The second-order valence-electron chi connectivity index (χ2n) is 15.9. The number of fused-ring (bicyclic) bond motifs is 2. The highest BCUT2D eigenvalue weighted by Crippen LogP contribution is 2.54. The van der Waals surface area contributed by atoms with E-state index in [1.54, 1.807) is 43.9 Å². The molecule has 7 atom stereocenters. The summed E-state index contributed by atoms with van der Waals surface area (Å²) in [6.45, 7) is 12.5. The smallest absolute Gasteiger partial charge is 0.327 e. The molecule has 5 fully saturated rings. The van der Waals surface area contributed by atoms with E-state index in [9.17, 15) is 39.0 Å². The van der Waals surface area contributed by atoms with Crippen molar-refractivity contribution in [2.45, 2.75) is 105 Å². The van der Waals surface area contributed by atoms with Gasteiger partial charge in [-0.3, -0.25) is 24.5 Å². The summed E-state index contributed by atoms with van der Waals surface area (Å²) < 4.78 is 3.91. The number of halogens is 2. The number of carbonyl (C=O) groups excluding carboxylic acids is 4. The third-order valence-corrected chi connectivity index (χ3v) is 14.7. The number of rotatable bonds is 7. The third-order valence-electron chi connectivity index (χ3n) is 10.9. The molecule has 0 spiro atoms. The van der Waals surface area contributed by atoms with Crippen LogP contribution in [-0.2, 0) is 24.0 Å². The molecule has 15 nitrogen and oxygen atoms in total. The van der Waals surface area contributed by atoms with Gasteiger partial charge in [0, 0.05) is 15.1 Å². The second-order valence-corrected chi connectivity index (χ2v) is 20.3. The molecule has 2 aromatic carbocycles. The highest BCUT2D eigenvalue weighted by atomic mass is 35.5. The van der Waals surface area contributed by atoms with Gasteiger partial charge in [0.25, 0.3) is 5.91 Å². The van der Waals surface area contributed by atoms with Gasteiger partial charge in [-0.05, 0) is 66.2 Å². The van der Waals surface area contributed by atoms with E-state index in [-0.39, 0.29) is 34.2 Å². The Kier molecular flexibility index (Phi) is 10.2. The van der Waals surface area contributed by atoms with Gasteiger partial charge in [-0.25, -0.2) is 9.59 Å². The minimum atomic E-state index is -1.07. The van der Waals surface area contributed by atoms with Crippen molar-refractivity contribution in [3.63, 3.8) is 0 Å². The Morgan fingerprint density at radius 1 is 0.807 bits per heavy atom. The van der Waals surface area contributed by atoms with Gasteiger partial charge in [-0.15, -0.1) is 23.5 Å². The number of carboxylic acids is 2. The zero-order valence-electron chi connectivity index (χ0n) is 31.8. The molecule has 5 aliphatic rings. The number of aromatic nitrogens is 1. The van der Waals surface area contributed by atoms with E-state index in [1.807, 2.05) is 58.0 Å². The lowest BCUT2D eigenvalue weighted by Crippen LogP contribution is -2.73. The SMILES string of the molecule is CC1(C)S[C@@H]2[C@H](N3C(=O)C(c4ccccc4)NC3(C)C)C(=O)N2[C@H]1C(=O)O.Cc1onc(-c2c(Cl)cccc2Cl)c1C(=O)N[C@@H]1C(=O)N2[C@@H]1SC(C)(C)[C@@H]2C(=O)O. The number of benzene rings is 2. The molecule has 0 aliphatic carbocycles. The molecular weight excluding hydrogens is 819 g/mol. The monoisotopic (exact) mass is 858 g/mol. The molecule has 0 saturated carbocycles. The Morgan fingerprint density at radius 2 is 1.35 bits per heavy atom. The fraction of sp³-hybridized carbons (Fsp3) is 0.447. The van der Waals surface area contributed by atoms with Crippen molar-refractivity contribution in [3.8, 4) is 11.3 Å². The van der Waals surface area contributed by atoms with Gasteiger partial charge in [0.1, 0.15) is 58.0 Å². The van der Waals surface area contributed by atoms with Crippen molar-refractivity contribution in [2.24, 2.45) is 0 Å². The first kappa shape index (κ1) is 40.9. The van der Waals surface area contributed by atoms with E-state index in [0.717, 1.165) is 5.56 Å². The predicted molar refractivity (Wildman–Crippen MR) is 212 cm³/mol. The van der Waals surface area contributed by atoms with Crippen LogP contribution in [0.15, 0.2) is 53.1 Å². The van der Waals surface area contributed by atoms with Crippen LogP contribution in [0, 0.1) is 6.92 Å². The van der Waals surface area contributed by atoms with Crippen molar-refractivity contribution < 1.29 is 43.5 Å². The Hall–Kier alpha value is -4.29. The third kappa shape index (κ3) is 6.55. The highest BCUT2D eigenvalue weighted by Gasteiger charge is 2.68. The summed E-state index contributed by atoms with van der Waals surface area (Å²) in [5.74, 6) is -3.29. The van der Waals surface area contributed by atoms with Crippen LogP contribution in [0.2, 0.25) is 10.0 Å². The van der Waals surface area contributed by atoms with Crippen LogP contribution >= 0.6 is 46.7 Å². The van der Waals surface area contributed by atoms with E-state index in [0.29, 0.717) is 15.6 Å². The van der Waals surface area contributed by atoms with Gasteiger partial charge in [0.05, 0.1) is 15.7 Å². The van der Waals surface area contributed by atoms with E-state index in [1.165, 1.54) is 33.3 Å². The molecule has 1 aromatic heterocycles. The number of nitrogens with zero attached hydrogens (tertiary/aromatic N) is 4. The van der Waals surface area contributed by atoms with Crippen LogP contribution in [0.5, 0.6) is 0 Å². The molecule has 4 amide bonds. The molecule has 302 valence electrons. The number of hydrogen-bond donors (Lipinski definition) is 4. The standard InChI is InChI=1S/C19H17Cl2N3O5S.C19H23N3O4S/c1-7-10(12(23-29-7)11-8(20)5-4-6-9(11)21)15(25)22-13-16(26)24-14(18(27)28)19(2,3)30-17(13)24;1-18(2)13(17(25)26)21-15(24)12(16(21)27-18)22-14(23)11(20-19(22,3)4)10-8-6-5-7-9-10/h4-6,13-14,17H,1-3H3,(H,22,25)(H,27,28);5-9,11-13,16,20H,1-4H3,(H,25,26)/t13-,14+,17-;11?,12-,13+,16-/m11/s1. The largest absolute Gasteiger partial charge is 0.480 e. The second kappa shape index (κ2) is 14.2. The quantitative estimate of drug-likeness (QED) is 0.240. The average molecular weight is 860 g/mol. The van der Waals surface area contributed by atoms with Gasteiger partial charge < -0.3 is 34.8 Å². The molecule has 0 radical (unpaired) electrons. The first-order valence-corrected chi connectivity index (χ1v) is 20.4. The van der Waals surface area contributed by atoms with Crippen LogP contribution in [0.25, 0.3) is 11.3 Å². The number of nitrogens with one attached hydrogen (secondary N) is 2. The van der Waals surface area contributed by atoms with Gasteiger partial charge in [-0.2, -0.15) is 0 Å². The normalized spacial score (nSPS) is 28.8. The minimum Gasteiger partial charge on any atom is -0.480 e. The lowest BCUT2D eigenvalue weighted by molar-refractivity contribution is -0.170. The Morgan fingerprint density at radius 3 is 1.91 bits per heavy atom. The summed E-state index contributed by atoms with van der Waals surface area (Å²) in [6.07, 6.45) is 0. The maximum atomic E-state index is 13.2. The number of carbonyl (C=O) groups is 6. The van der Waals surface area contributed by atoms with Crippen LogP contribution < -0.4 is 10.6 Å². The van der Waals surface area contributed by atoms with Crippen molar-refractivity contribution in [2.75, 3.05) is 0 Å². The number of carboxylic acid groups (broad SMARTS) is 2. The van der Waals surface area contributed by atoms with E-state index in [2.05, 4.69) is 15.8 Å². The van der Waals surface area contributed by atoms with Crippen LogP contribution in [0.4, 0.5) is 0 Å². The average Bonchev–Trinajstić information content (AvgIpc) is 3.79. The van der Waals surface area contributed by atoms with Gasteiger partial charge in [0.2, 0.25) is 17.7 Å². The summed E-state index contributed by atoms with van der Waals surface area (Å²) in [5.41, 5.74) is 0.785. The summed E-state index contributed by atoms with van der Waals surface area (Å²) >= 11 is 15.3. The molecule has 5 saturated heterocycles. The maximum Gasteiger partial charge on any atom is 0.327 e. The number of hydrogen-bond acceptors (Lipinski definition) is 11. The summed E-state index contributed by atoms with van der Waals surface area (Å²) in [5, 5.41) is 28.9. The van der Waals surface area contributed by atoms with Crippen LogP contribution in [-0.4, -0.2) is 116 Å². The van der Waals surface area contributed by atoms with Crippen LogP contribution in [0.1, 0.15) is 69.3 Å². The molecule has 19 heteroatoms. The molecular formula is C38H40Cl2N6O9S2. The highest BCUT2D eigenvalue weighted by molar-refractivity contribution is 8.02.